The summed E-state index contributed by atoms with van der Waals surface area (Å²) in [6, 6.07) is 17.8. The van der Waals surface area contributed by atoms with Crippen LogP contribution < -0.4 is 19.7 Å². The minimum atomic E-state index is -0.728. The molecule has 3 aromatic carbocycles. The molecule has 0 spiro atoms. The van der Waals surface area contributed by atoms with Gasteiger partial charge in [0.1, 0.15) is 16.5 Å². The van der Waals surface area contributed by atoms with Crippen LogP contribution in [0.15, 0.2) is 83.5 Å². The minimum absolute atomic E-state index is 0.128. The first-order valence-corrected chi connectivity index (χ1v) is 10.6. The number of imide groups is 1. The number of rotatable bonds is 7. The average molecular weight is 481 g/mol. The Morgan fingerprint density at radius 3 is 2.24 bits per heavy atom. The topological polar surface area (TPSA) is 84.9 Å². The SMILES string of the molecule is CCOc1ccccc1OC(=O)c1ccc(NC2=C(Cl)C(=O)N(c3ccc(F)cc3)C2=O)cc1. The molecule has 9 heteroatoms. The molecule has 0 unspecified atom stereocenters. The minimum Gasteiger partial charge on any atom is -0.490 e. The molecule has 7 nitrogen and oxygen atoms in total. The summed E-state index contributed by atoms with van der Waals surface area (Å²) in [6.07, 6.45) is 0. The Hall–Kier alpha value is -4.17. The highest BCUT2D eigenvalue weighted by atomic mass is 35.5. The Bertz CT molecular complexity index is 1290. The van der Waals surface area contributed by atoms with Crippen molar-refractivity contribution in [2.45, 2.75) is 6.92 Å². The molecule has 1 N–H and O–H groups in total. The maximum absolute atomic E-state index is 13.2. The lowest BCUT2D eigenvalue weighted by molar-refractivity contribution is -0.120. The smallest absolute Gasteiger partial charge is 0.343 e. The normalized spacial score (nSPS) is 13.3. The van der Waals surface area contributed by atoms with E-state index in [0.29, 0.717) is 23.8 Å². The number of hydrogen-bond donors (Lipinski definition) is 1. The van der Waals surface area contributed by atoms with Crippen molar-refractivity contribution in [3.05, 3.63) is 94.9 Å². The van der Waals surface area contributed by atoms with Crippen LogP contribution in [0.25, 0.3) is 0 Å². The van der Waals surface area contributed by atoms with Gasteiger partial charge in [-0.1, -0.05) is 23.7 Å². The zero-order valence-corrected chi connectivity index (χ0v) is 18.6. The summed E-state index contributed by atoms with van der Waals surface area (Å²) in [5, 5.41) is 2.51. The van der Waals surface area contributed by atoms with Gasteiger partial charge in [-0.05, 0) is 67.6 Å². The average Bonchev–Trinajstić information content (AvgIpc) is 3.04. The third kappa shape index (κ3) is 4.62. The van der Waals surface area contributed by atoms with Crippen molar-refractivity contribution < 1.29 is 28.2 Å². The van der Waals surface area contributed by atoms with Gasteiger partial charge in [0.25, 0.3) is 11.8 Å². The predicted molar refractivity (Wildman–Crippen MR) is 124 cm³/mol. The molecule has 1 aliphatic heterocycles. The van der Waals surface area contributed by atoms with Crippen molar-refractivity contribution in [3.63, 3.8) is 0 Å². The lowest BCUT2D eigenvalue weighted by Crippen LogP contribution is -2.32. The molecule has 0 radical (unpaired) electrons. The number of carbonyl (C=O) groups excluding carboxylic acids is 3. The monoisotopic (exact) mass is 480 g/mol. The van der Waals surface area contributed by atoms with Crippen LogP contribution in [0, 0.1) is 5.82 Å². The Morgan fingerprint density at radius 2 is 1.59 bits per heavy atom. The van der Waals surface area contributed by atoms with Gasteiger partial charge in [-0.2, -0.15) is 0 Å². The molecule has 0 fully saturated rings. The number of esters is 1. The van der Waals surface area contributed by atoms with Crippen molar-refractivity contribution in [2.24, 2.45) is 0 Å². The van der Waals surface area contributed by atoms with Gasteiger partial charge in [-0.15, -0.1) is 0 Å². The van der Waals surface area contributed by atoms with Gasteiger partial charge in [0.05, 0.1) is 17.9 Å². The first-order valence-electron chi connectivity index (χ1n) is 10.2. The molecule has 0 aromatic heterocycles. The van der Waals surface area contributed by atoms with Crippen LogP contribution in [0.4, 0.5) is 15.8 Å². The van der Waals surface area contributed by atoms with Crippen molar-refractivity contribution in [1.82, 2.24) is 0 Å². The lowest BCUT2D eigenvalue weighted by atomic mass is 10.2. The highest BCUT2D eigenvalue weighted by Gasteiger charge is 2.39. The second-order valence-electron chi connectivity index (χ2n) is 7.08. The van der Waals surface area contributed by atoms with Gasteiger partial charge in [-0.25, -0.2) is 14.1 Å². The molecule has 3 aromatic rings. The largest absolute Gasteiger partial charge is 0.490 e. The number of benzene rings is 3. The third-order valence-corrected chi connectivity index (χ3v) is 5.20. The number of halogens is 2. The fraction of sp³-hybridized carbons (Fsp3) is 0.0800. The van der Waals surface area contributed by atoms with E-state index < -0.39 is 23.6 Å². The maximum atomic E-state index is 13.2. The van der Waals surface area contributed by atoms with Crippen LogP contribution in [0.1, 0.15) is 17.3 Å². The van der Waals surface area contributed by atoms with Gasteiger partial charge in [-0.3, -0.25) is 9.59 Å². The third-order valence-electron chi connectivity index (χ3n) is 4.85. The van der Waals surface area contributed by atoms with Crippen LogP contribution in [0.5, 0.6) is 11.5 Å². The van der Waals surface area contributed by atoms with Crippen LogP contribution >= 0.6 is 11.6 Å². The van der Waals surface area contributed by atoms with E-state index in [-0.39, 0.29) is 22.0 Å². The number of hydrogen-bond acceptors (Lipinski definition) is 6. The molecule has 0 bridgehead atoms. The maximum Gasteiger partial charge on any atom is 0.343 e. The first kappa shape index (κ1) is 23.0. The summed E-state index contributed by atoms with van der Waals surface area (Å²) >= 11 is 6.11. The summed E-state index contributed by atoms with van der Waals surface area (Å²) in [4.78, 5) is 38.7. The van der Waals surface area contributed by atoms with Crippen LogP contribution in [-0.4, -0.2) is 24.4 Å². The van der Waals surface area contributed by atoms with E-state index in [0.717, 1.165) is 17.0 Å². The zero-order valence-electron chi connectivity index (χ0n) is 17.9. The van der Waals surface area contributed by atoms with E-state index in [2.05, 4.69) is 5.32 Å². The second-order valence-corrected chi connectivity index (χ2v) is 7.46. The Labute approximate surface area is 199 Å². The highest BCUT2D eigenvalue weighted by molar-refractivity contribution is 6.53. The second kappa shape index (κ2) is 9.76. The molecule has 0 aliphatic carbocycles. The van der Waals surface area contributed by atoms with Gasteiger partial charge in [0.15, 0.2) is 11.5 Å². The van der Waals surface area contributed by atoms with E-state index in [4.69, 9.17) is 21.1 Å². The van der Waals surface area contributed by atoms with Crippen LogP contribution in [-0.2, 0) is 9.59 Å². The standard InChI is InChI=1S/C25H18ClFN2O5/c1-2-33-19-5-3-4-6-20(19)34-25(32)15-7-11-17(12-8-15)28-22-21(26)23(30)29(24(22)31)18-13-9-16(27)10-14-18/h3-14,28H,2H2,1H3. The van der Waals surface area contributed by atoms with E-state index in [9.17, 15) is 18.8 Å². The summed E-state index contributed by atoms with van der Waals surface area (Å²) in [5.41, 5.74) is 0.744. The molecule has 172 valence electrons. The number of nitrogens with one attached hydrogen (secondary N) is 1. The van der Waals surface area contributed by atoms with Crippen molar-refractivity contribution in [2.75, 3.05) is 16.8 Å². The molecule has 4 rings (SSSR count). The summed E-state index contributed by atoms with van der Waals surface area (Å²) in [7, 11) is 0. The molecular weight excluding hydrogens is 463 g/mol. The number of anilines is 2. The van der Waals surface area contributed by atoms with Gasteiger partial charge >= 0.3 is 5.97 Å². The van der Waals surface area contributed by atoms with Gasteiger partial charge < -0.3 is 14.8 Å². The highest BCUT2D eigenvalue weighted by Crippen LogP contribution is 2.31. The fourth-order valence-corrected chi connectivity index (χ4v) is 3.45. The lowest BCUT2D eigenvalue weighted by Gasteiger charge is -2.15. The molecule has 1 aliphatic rings. The first-order chi connectivity index (χ1) is 16.4. The van der Waals surface area contributed by atoms with Crippen molar-refractivity contribution in [1.29, 1.82) is 0 Å². The van der Waals surface area contributed by atoms with Gasteiger partial charge in [0.2, 0.25) is 0 Å². The number of nitrogens with zero attached hydrogens (tertiary/aromatic N) is 1. The number of amides is 2. The van der Waals surface area contributed by atoms with E-state index in [1.807, 2.05) is 6.92 Å². The molecule has 0 saturated carbocycles. The van der Waals surface area contributed by atoms with E-state index in [1.54, 1.807) is 36.4 Å². The van der Waals surface area contributed by atoms with Crippen molar-refractivity contribution in [3.8, 4) is 11.5 Å². The Morgan fingerprint density at radius 1 is 0.941 bits per heavy atom. The van der Waals surface area contributed by atoms with Crippen molar-refractivity contribution >= 4 is 40.8 Å². The number of para-hydroxylation sites is 2. The van der Waals surface area contributed by atoms with Gasteiger partial charge in [0, 0.05) is 5.69 Å². The Kier molecular flexibility index (Phi) is 6.60. The molecule has 1 heterocycles. The molecule has 0 atom stereocenters. The van der Waals surface area contributed by atoms with Crippen LogP contribution in [0.3, 0.4) is 0 Å². The van der Waals surface area contributed by atoms with E-state index in [1.165, 1.54) is 24.3 Å². The quantitative estimate of drug-likeness (QED) is 0.295. The number of carbonyl (C=O) groups is 3. The molecule has 34 heavy (non-hydrogen) atoms. The fourth-order valence-electron chi connectivity index (χ4n) is 3.24. The molecule has 0 saturated heterocycles. The molecule has 2 amide bonds. The number of ether oxygens (including phenoxy) is 2. The summed E-state index contributed by atoms with van der Waals surface area (Å²) in [5.74, 6) is -1.75. The van der Waals surface area contributed by atoms with Crippen LogP contribution in [0.2, 0.25) is 0 Å². The zero-order chi connectivity index (χ0) is 24.2. The summed E-state index contributed by atoms with van der Waals surface area (Å²) < 4.78 is 24.1. The summed E-state index contributed by atoms with van der Waals surface area (Å²) in [6.45, 7) is 2.25. The van der Waals surface area contributed by atoms with E-state index >= 15 is 0 Å². The Balaban J connectivity index is 1.47. The molecular formula is C25H18ClFN2O5. The predicted octanol–water partition coefficient (Wildman–Crippen LogP) is 4.88.